The molecule has 2 atom stereocenters. The minimum atomic E-state index is -0.214. The average molecular weight is 258 g/mol. The smallest absolute Gasteiger partial charge is 0.403 e. The van der Waals surface area contributed by atoms with Gasteiger partial charge in [-0.3, -0.25) is 0 Å². The standard InChI is InChI=1S/C16H23BO2/c1-15(2)16(3,4)19-17(18-15)14-11-10-13(14)12-8-6-5-7-9-12/h5-9,13-14H,10-11H2,1-4H3. The molecular weight excluding hydrogens is 235 g/mol. The summed E-state index contributed by atoms with van der Waals surface area (Å²) in [7, 11) is -0.0519. The highest BCUT2D eigenvalue weighted by atomic mass is 16.7. The van der Waals surface area contributed by atoms with Crippen molar-refractivity contribution < 1.29 is 9.31 Å². The molecule has 2 unspecified atom stereocenters. The lowest BCUT2D eigenvalue weighted by Gasteiger charge is -2.38. The third-order valence-corrected chi connectivity index (χ3v) is 5.18. The summed E-state index contributed by atoms with van der Waals surface area (Å²) in [6.07, 6.45) is 2.45. The van der Waals surface area contributed by atoms with Gasteiger partial charge in [0.15, 0.2) is 0 Å². The van der Waals surface area contributed by atoms with Gasteiger partial charge in [-0.2, -0.15) is 0 Å². The topological polar surface area (TPSA) is 18.5 Å². The summed E-state index contributed by atoms with van der Waals surface area (Å²) in [5.41, 5.74) is 0.997. The second-order valence-corrected chi connectivity index (χ2v) is 6.88. The van der Waals surface area contributed by atoms with Crippen molar-refractivity contribution in [2.75, 3.05) is 0 Å². The van der Waals surface area contributed by atoms with E-state index < -0.39 is 0 Å². The van der Waals surface area contributed by atoms with Gasteiger partial charge in [0.2, 0.25) is 0 Å². The van der Waals surface area contributed by atoms with E-state index in [0.717, 1.165) is 0 Å². The van der Waals surface area contributed by atoms with Crippen LogP contribution in [0, 0.1) is 0 Å². The summed E-state index contributed by atoms with van der Waals surface area (Å²) in [6.45, 7) is 8.51. The molecule has 19 heavy (non-hydrogen) atoms. The van der Waals surface area contributed by atoms with Crippen molar-refractivity contribution in [2.45, 2.75) is 63.5 Å². The van der Waals surface area contributed by atoms with E-state index in [0.29, 0.717) is 11.7 Å². The van der Waals surface area contributed by atoms with Gasteiger partial charge in [-0.25, -0.2) is 0 Å². The van der Waals surface area contributed by atoms with Crippen LogP contribution in [0.25, 0.3) is 0 Å². The fraction of sp³-hybridized carbons (Fsp3) is 0.625. The van der Waals surface area contributed by atoms with Crippen LogP contribution in [0.3, 0.4) is 0 Å². The van der Waals surface area contributed by atoms with Crippen molar-refractivity contribution >= 4 is 7.12 Å². The Hall–Kier alpha value is -0.795. The lowest BCUT2D eigenvalue weighted by atomic mass is 9.52. The van der Waals surface area contributed by atoms with Crippen molar-refractivity contribution in [3.8, 4) is 0 Å². The Morgan fingerprint density at radius 1 is 0.947 bits per heavy atom. The molecule has 0 bridgehead atoms. The molecule has 2 nitrogen and oxygen atoms in total. The van der Waals surface area contributed by atoms with Crippen molar-refractivity contribution in [2.24, 2.45) is 0 Å². The maximum absolute atomic E-state index is 6.20. The number of hydrogen-bond acceptors (Lipinski definition) is 2. The van der Waals surface area contributed by atoms with Crippen LogP contribution in [-0.2, 0) is 9.31 Å². The minimum absolute atomic E-state index is 0.0519. The molecule has 1 saturated heterocycles. The van der Waals surface area contributed by atoms with Crippen LogP contribution >= 0.6 is 0 Å². The lowest BCUT2D eigenvalue weighted by molar-refractivity contribution is 0.00578. The molecule has 3 rings (SSSR count). The molecule has 1 saturated carbocycles. The Labute approximate surface area is 116 Å². The van der Waals surface area contributed by atoms with Crippen LogP contribution in [0.15, 0.2) is 30.3 Å². The summed E-state index contributed by atoms with van der Waals surface area (Å²) in [5.74, 6) is 1.10. The van der Waals surface area contributed by atoms with E-state index in [4.69, 9.17) is 9.31 Å². The third-order valence-electron chi connectivity index (χ3n) is 5.18. The monoisotopic (exact) mass is 258 g/mol. The molecule has 1 aromatic rings. The number of hydrogen-bond donors (Lipinski definition) is 0. The van der Waals surface area contributed by atoms with Crippen molar-refractivity contribution in [1.29, 1.82) is 0 Å². The molecule has 102 valence electrons. The maximum Gasteiger partial charge on any atom is 0.461 e. The van der Waals surface area contributed by atoms with Crippen molar-refractivity contribution in [3.05, 3.63) is 35.9 Å². The Bertz CT molecular complexity index is 439. The third kappa shape index (κ3) is 2.13. The van der Waals surface area contributed by atoms with Crippen LogP contribution in [0.1, 0.15) is 52.0 Å². The first-order valence-corrected chi connectivity index (χ1v) is 7.31. The van der Waals surface area contributed by atoms with E-state index in [-0.39, 0.29) is 18.3 Å². The van der Waals surface area contributed by atoms with Gasteiger partial charge >= 0.3 is 7.12 Å². The number of rotatable bonds is 2. The highest BCUT2D eigenvalue weighted by Crippen LogP contribution is 2.53. The fourth-order valence-corrected chi connectivity index (χ4v) is 3.03. The second kappa shape index (κ2) is 4.36. The van der Waals surface area contributed by atoms with Gasteiger partial charge < -0.3 is 9.31 Å². The second-order valence-electron chi connectivity index (χ2n) is 6.88. The van der Waals surface area contributed by atoms with Gasteiger partial charge in [0.05, 0.1) is 11.2 Å². The Balaban J connectivity index is 1.75. The van der Waals surface area contributed by atoms with E-state index >= 15 is 0 Å². The fourth-order valence-electron chi connectivity index (χ4n) is 3.03. The summed E-state index contributed by atoms with van der Waals surface area (Å²) in [6, 6.07) is 10.8. The molecule has 1 aliphatic heterocycles. The van der Waals surface area contributed by atoms with Crippen LogP contribution in [-0.4, -0.2) is 18.3 Å². The Morgan fingerprint density at radius 3 is 2.00 bits per heavy atom. The Kier molecular flexibility index (Phi) is 3.03. The molecule has 2 aliphatic rings. The zero-order valence-electron chi connectivity index (χ0n) is 12.3. The van der Waals surface area contributed by atoms with E-state index in [9.17, 15) is 0 Å². The summed E-state index contributed by atoms with van der Waals surface area (Å²) in [4.78, 5) is 0. The predicted molar refractivity (Wildman–Crippen MR) is 78.2 cm³/mol. The molecular formula is C16H23BO2. The van der Waals surface area contributed by atoms with Gasteiger partial charge in [0.25, 0.3) is 0 Å². The molecule has 0 radical (unpaired) electrons. The number of benzene rings is 1. The molecule has 0 N–H and O–H groups in total. The van der Waals surface area contributed by atoms with Crippen LogP contribution in [0.5, 0.6) is 0 Å². The van der Waals surface area contributed by atoms with Gasteiger partial charge in [-0.05, 0) is 45.6 Å². The van der Waals surface area contributed by atoms with Crippen LogP contribution < -0.4 is 0 Å². The Morgan fingerprint density at radius 2 is 1.53 bits per heavy atom. The first-order chi connectivity index (χ1) is 8.91. The first-order valence-electron chi connectivity index (χ1n) is 7.31. The zero-order chi connectivity index (χ0) is 13.7. The van der Waals surface area contributed by atoms with Gasteiger partial charge in [0, 0.05) is 5.82 Å². The summed E-state index contributed by atoms with van der Waals surface area (Å²) >= 11 is 0. The summed E-state index contributed by atoms with van der Waals surface area (Å²) < 4.78 is 12.4. The first kappa shape index (κ1) is 13.2. The molecule has 0 amide bonds. The van der Waals surface area contributed by atoms with Gasteiger partial charge in [-0.1, -0.05) is 36.8 Å². The molecule has 1 aliphatic carbocycles. The van der Waals surface area contributed by atoms with E-state index in [2.05, 4.69) is 58.0 Å². The quantitative estimate of drug-likeness (QED) is 0.746. The minimum Gasteiger partial charge on any atom is -0.403 e. The van der Waals surface area contributed by atoms with Crippen LogP contribution in [0.4, 0.5) is 0 Å². The van der Waals surface area contributed by atoms with E-state index in [1.807, 2.05) is 0 Å². The van der Waals surface area contributed by atoms with Gasteiger partial charge in [-0.15, -0.1) is 0 Å². The molecule has 2 fully saturated rings. The molecule has 0 aromatic heterocycles. The van der Waals surface area contributed by atoms with Crippen molar-refractivity contribution in [3.63, 3.8) is 0 Å². The zero-order valence-corrected chi connectivity index (χ0v) is 12.3. The molecule has 1 heterocycles. The van der Waals surface area contributed by atoms with E-state index in [1.165, 1.54) is 18.4 Å². The van der Waals surface area contributed by atoms with Crippen LogP contribution in [0.2, 0.25) is 5.82 Å². The molecule has 3 heteroatoms. The largest absolute Gasteiger partial charge is 0.461 e. The lowest BCUT2D eigenvalue weighted by Crippen LogP contribution is -2.41. The van der Waals surface area contributed by atoms with Gasteiger partial charge in [0.1, 0.15) is 0 Å². The maximum atomic E-state index is 6.20. The summed E-state index contributed by atoms with van der Waals surface area (Å²) in [5, 5.41) is 0. The molecule has 0 spiro atoms. The predicted octanol–water partition coefficient (Wildman–Crippen LogP) is 4.03. The normalized spacial score (nSPS) is 32.1. The highest BCUT2D eigenvalue weighted by Gasteiger charge is 2.56. The molecule has 1 aromatic carbocycles. The SMILES string of the molecule is CC1(C)OB(C2CCC2c2ccccc2)OC1(C)C. The van der Waals surface area contributed by atoms with Crippen molar-refractivity contribution in [1.82, 2.24) is 0 Å². The van der Waals surface area contributed by atoms with E-state index in [1.54, 1.807) is 0 Å². The highest BCUT2D eigenvalue weighted by molar-refractivity contribution is 6.48. The average Bonchev–Trinajstić information content (AvgIpc) is 2.47.